The number of H-pyrrole nitrogens is 1. The smallest absolute Gasteiger partial charge is 0.279 e. The minimum absolute atomic E-state index is 0.796. The van der Waals surface area contributed by atoms with Crippen LogP contribution in [0.25, 0.3) is 20.4 Å². The van der Waals surface area contributed by atoms with Gasteiger partial charge in [0.15, 0.2) is 10.6 Å². The van der Waals surface area contributed by atoms with E-state index in [0.717, 1.165) is 68.3 Å². The fraction of sp³-hybridized carbons (Fsp3) is 0.600. The average Bonchev–Trinajstić information content (AvgIpc) is 3.13. The molecule has 9 heteroatoms. The van der Waals surface area contributed by atoms with Crippen molar-refractivity contribution in [2.75, 3.05) is 63.7 Å². The molecular weight excluding hydrogens is 386 g/mol. The molecule has 0 atom stereocenters. The zero-order valence-electron chi connectivity index (χ0n) is 17.2. The summed E-state index contributed by atoms with van der Waals surface area (Å²) in [5.41, 5.74) is 3.92. The molecule has 0 saturated carbocycles. The molecule has 8 nitrogen and oxygen atoms in total. The maximum atomic E-state index is 5.58. The summed E-state index contributed by atoms with van der Waals surface area (Å²) in [7, 11) is 4.31. The quantitative estimate of drug-likeness (QED) is 0.625. The Hall–Kier alpha value is -2.10. The van der Waals surface area contributed by atoms with Gasteiger partial charge in [-0.1, -0.05) is 11.3 Å². The highest BCUT2D eigenvalue weighted by Gasteiger charge is 2.30. The second kappa shape index (κ2) is 7.97. The largest absolute Gasteiger partial charge is 0.373 e. The number of nitrogens with one attached hydrogen (secondary N) is 3. The lowest BCUT2D eigenvalue weighted by atomic mass is 9.90. The van der Waals surface area contributed by atoms with Crippen molar-refractivity contribution < 1.29 is 14.6 Å². The van der Waals surface area contributed by atoms with E-state index in [9.17, 15) is 0 Å². The van der Waals surface area contributed by atoms with Crippen LogP contribution in [-0.2, 0) is 17.6 Å². The van der Waals surface area contributed by atoms with Crippen molar-refractivity contribution in [3.05, 3.63) is 11.1 Å². The Morgan fingerprint density at radius 1 is 1.14 bits per heavy atom. The lowest BCUT2D eigenvalue weighted by Crippen LogP contribution is -3.06. The molecule has 0 radical (unpaired) electrons. The molecular formula is C20H29N7OS+2. The number of rotatable bonds is 5. The van der Waals surface area contributed by atoms with Crippen molar-refractivity contribution in [3.8, 4) is 0 Å². The van der Waals surface area contributed by atoms with Crippen LogP contribution in [0, 0.1) is 0 Å². The number of quaternary nitrogens is 1. The second-order valence-corrected chi connectivity index (χ2v) is 9.26. The first kappa shape index (κ1) is 18.9. The molecule has 0 spiro atoms. The molecule has 0 bridgehead atoms. The number of hydrogen-bond acceptors (Lipinski definition) is 7. The normalized spacial score (nSPS) is 17.3. The van der Waals surface area contributed by atoms with Gasteiger partial charge in [0.25, 0.3) is 5.82 Å². The van der Waals surface area contributed by atoms with Gasteiger partial charge in [-0.15, -0.1) is 10.2 Å². The van der Waals surface area contributed by atoms with Crippen LogP contribution in [0.4, 0.5) is 11.6 Å². The minimum atomic E-state index is 0.796. The third-order valence-electron chi connectivity index (χ3n) is 5.92. The molecule has 3 aromatic heterocycles. The van der Waals surface area contributed by atoms with E-state index >= 15 is 0 Å². The van der Waals surface area contributed by atoms with Gasteiger partial charge in [-0.25, -0.2) is 4.98 Å². The van der Waals surface area contributed by atoms with Crippen LogP contribution in [0.2, 0.25) is 0 Å². The van der Waals surface area contributed by atoms with Crippen molar-refractivity contribution in [1.82, 2.24) is 15.4 Å². The van der Waals surface area contributed by atoms with Crippen molar-refractivity contribution in [3.63, 3.8) is 0 Å². The molecule has 3 N–H and O–H groups in total. The summed E-state index contributed by atoms with van der Waals surface area (Å²) in [6, 6.07) is 0. The number of anilines is 2. The summed E-state index contributed by atoms with van der Waals surface area (Å²) in [6.07, 6.45) is 4.72. The Morgan fingerprint density at radius 2 is 1.93 bits per heavy atom. The summed E-state index contributed by atoms with van der Waals surface area (Å²) in [5, 5.41) is 17.6. The Bertz CT molecular complexity index is 1030. The molecule has 3 aromatic rings. The van der Waals surface area contributed by atoms with Crippen LogP contribution in [0.15, 0.2) is 0 Å². The Kier molecular flexibility index (Phi) is 5.19. The van der Waals surface area contributed by atoms with E-state index in [4.69, 9.17) is 4.74 Å². The topological polar surface area (TPSA) is 81.8 Å². The van der Waals surface area contributed by atoms with Crippen LogP contribution in [0.1, 0.15) is 24.0 Å². The van der Waals surface area contributed by atoms with Crippen molar-refractivity contribution in [2.45, 2.75) is 25.7 Å². The number of aryl methyl sites for hydroxylation is 1. The highest BCUT2D eigenvalue weighted by atomic mass is 32.1. The summed E-state index contributed by atoms with van der Waals surface area (Å²) < 4.78 is 6.68. The van der Waals surface area contributed by atoms with E-state index in [1.807, 2.05) is 0 Å². The Morgan fingerprint density at radius 3 is 2.72 bits per heavy atom. The first-order valence-electron chi connectivity index (χ1n) is 10.6. The fourth-order valence-corrected chi connectivity index (χ4v) is 5.56. The van der Waals surface area contributed by atoms with Gasteiger partial charge in [-0.2, -0.15) is 0 Å². The van der Waals surface area contributed by atoms with Crippen LogP contribution >= 0.6 is 11.3 Å². The third kappa shape index (κ3) is 3.51. The first-order chi connectivity index (χ1) is 14.2. The number of aromatic amines is 1. The highest BCUT2D eigenvalue weighted by molar-refractivity contribution is 7.25. The van der Waals surface area contributed by atoms with Crippen molar-refractivity contribution >= 4 is 43.4 Å². The predicted octanol–water partition coefficient (Wildman–Crippen LogP) is 0.325. The average molecular weight is 416 g/mol. The molecule has 154 valence electrons. The second-order valence-electron chi connectivity index (χ2n) is 8.24. The predicted molar refractivity (Wildman–Crippen MR) is 115 cm³/mol. The maximum Gasteiger partial charge on any atom is 0.279 e. The zero-order chi connectivity index (χ0) is 19.8. The van der Waals surface area contributed by atoms with Crippen LogP contribution in [0.3, 0.4) is 0 Å². The number of aromatic nitrogens is 4. The van der Waals surface area contributed by atoms with Crippen molar-refractivity contribution in [1.29, 1.82) is 0 Å². The summed E-state index contributed by atoms with van der Waals surface area (Å²) in [5.74, 6) is 2.14. The summed E-state index contributed by atoms with van der Waals surface area (Å²) in [6.45, 7) is 5.37. The monoisotopic (exact) mass is 415 g/mol. The Labute approximate surface area is 174 Å². The third-order valence-corrected chi connectivity index (χ3v) is 7.02. The van der Waals surface area contributed by atoms with Gasteiger partial charge in [0.2, 0.25) is 0 Å². The van der Waals surface area contributed by atoms with E-state index in [1.165, 1.54) is 44.9 Å². The van der Waals surface area contributed by atoms with E-state index in [2.05, 4.69) is 44.7 Å². The summed E-state index contributed by atoms with van der Waals surface area (Å²) in [4.78, 5) is 8.83. The number of hydrogen-bond donors (Lipinski definition) is 2. The van der Waals surface area contributed by atoms with E-state index in [0.29, 0.717) is 0 Å². The standard InChI is InChI=1S/C20H27N7OS/c1-26(2)8-7-21-18-17-16(23-25-24-18)15-13-5-3-4-6-14(13)19(22-20(15)29-17)27-9-11-28-12-10-27/h3-12H2,1-2H3,(H,21,23,24)/p+2. The number of fused-ring (bicyclic) bond motifs is 5. The zero-order valence-corrected chi connectivity index (χ0v) is 18.0. The molecule has 29 heavy (non-hydrogen) atoms. The van der Waals surface area contributed by atoms with Gasteiger partial charge in [-0.05, 0) is 36.5 Å². The van der Waals surface area contributed by atoms with E-state index < -0.39 is 0 Å². The van der Waals surface area contributed by atoms with Gasteiger partial charge >= 0.3 is 0 Å². The molecule has 1 aliphatic heterocycles. The van der Waals surface area contributed by atoms with Crippen LogP contribution < -0.4 is 20.1 Å². The molecule has 1 aliphatic carbocycles. The first-order valence-corrected chi connectivity index (χ1v) is 11.4. The lowest BCUT2D eigenvalue weighted by molar-refractivity contribution is -0.856. The molecule has 4 heterocycles. The number of ether oxygens (including phenoxy) is 1. The van der Waals surface area contributed by atoms with Crippen molar-refractivity contribution in [2.24, 2.45) is 0 Å². The molecule has 0 amide bonds. The number of nitrogens with zero attached hydrogens (tertiary/aromatic N) is 4. The van der Waals surface area contributed by atoms with E-state index in [1.54, 1.807) is 11.3 Å². The van der Waals surface area contributed by atoms with E-state index in [-0.39, 0.29) is 0 Å². The minimum Gasteiger partial charge on any atom is -0.373 e. The number of thiophene rings is 1. The SMILES string of the molecule is C[NH+](C)CCNc1nnnc2c1sc1[nH+]c(N3CCOCC3)c3c(c12)CCCC3. The molecule has 1 saturated heterocycles. The van der Waals surface area contributed by atoms with Gasteiger partial charge in [0.05, 0.1) is 45.8 Å². The van der Waals surface area contributed by atoms with Crippen LogP contribution in [0.5, 0.6) is 0 Å². The molecule has 2 aliphatic rings. The number of pyridine rings is 1. The molecule has 0 aromatic carbocycles. The van der Waals surface area contributed by atoms with Gasteiger partial charge in [-0.3, -0.25) is 4.90 Å². The van der Waals surface area contributed by atoms with Crippen LogP contribution in [-0.4, -0.2) is 68.9 Å². The van der Waals surface area contributed by atoms with Gasteiger partial charge < -0.3 is 15.0 Å². The number of morpholine rings is 1. The van der Waals surface area contributed by atoms with Gasteiger partial charge in [0, 0.05) is 5.56 Å². The number of likely N-dealkylation sites (N-methyl/N-ethyl adjacent to an activating group) is 1. The van der Waals surface area contributed by atoms with Gasteiger partial charge in [0.1, 0.15) is 23.3 Å². The fourth-order valence-electron chi connectivity index (χ4n) is 4.43. The maximum absolute atomic E-state index is 5.58. The lowest BCUT2D eigenvalue weighted by Gasteiger charge is -2.25. The highest BCUT2D eigenvalue weighted by Crippen LogP contribution is 2.40. The Balaban J connectivity index is 1.64. The molecule has 5 rings (SSSR count). The summed E-state index contributed by atoms with van der Waals surface area (Å²) >= 11 is 1.75. The molecule has 0 unspecified atom stereocenters. The molecule has 1 fully saturated rings.